The van der Waals surface area contributed by atoms with E-state index >= 15 is 0 Å². The maximum absolute atomic E-state index is 13.1. The Hall–Kier alpha value is -2.47. The summed E-state index contributed by atoms with van der Waals surface area (Å²) >= 11 is 1.41. The lowest BCUT2D eigenvalue weighted by Crippen LogP contribution is -2.18. The van der Waals surface area contributed by atoms with E-state index in [-0.39, 0.29) is 5.56 Å². The normalized spacial score (nSPS) is 11.9. The molecule has 0 N–H and O–H groups in total. The fourth-order valence-corrected chi connectivity index (χ4v) is 3.84. The van der Waals surface area contributed by atoms with E-state index in [2.05, 4.69) is 29.9 Å². The number of thiophene rings is 1. The first-order valence-electron chi connectivity index (χ1n) is 9.41. The molecule has 0 unspecified atom stereocenters. The van der Waals surface area contributed by atoms with Crippen LogP contribution in [0.1, 0.15) is 40.5 Å². The lowest BCUT2D eigenvalue weighted by atomic mass is 10.2. The van der Waals surface area contributed by atoms with Gasteiger partial charge in [0.05, 0.1) is 16.6 Å². The fraction of sp³-hybridized carbons (Fsp3) is 0.381. The highest BCUT2D eigenvalue weighted by atomic mass is 32.1. The van der Waals surface area contributed by atoms with Gasteiger partial charge in [-0.05, 0) is 25.0 Å². The standard InChI is InChI=1S/C19H22N4OS.C2H6/c1-5-7-9-13(8-6-2)23-12-21-16-15-14(22(3)4)10-11-20-18(15)25-17(16)19(23)24;1-2/h7-12H,5-6H2,1-4H3;1-2H3/b9-7-,13-8+;. The molecule has 5 nitrogen and oxygen atoms in total. The number of fused-ring (bicyclic) bond motifs is 3. The van der Waals surface area contributed by atoms with E-state index in [9.17, 15) is 4.79 Å². The van der Waals surface area contributed by atoms with Crippen LogP contribution in [0.2, 0.25) is 0 Å². The number of allylic oxidation sites excluding steroid dienone is 4. The summed E-state index contributed by atoms with van der Waals surface area (Å²) < 4.78 is 2.27. The van der Waals surface area contributed by atoms with Gasteiger partial charge in [-0.15, -0.1) is 11.3 Å². The highest BCUT2D eigenvalue weighted by Crippen LogP contribution is 2.35. The lowest BCUT2D eigenvalue weighted by Gasteiger charge is -2.13. The Morgan fingerprint density at radius 1 is 1.22 bits per heavy atom. The molecular formula is C21H28N4OS. The molecule has 0 saturated heterocycles. The summed E-state index contributed by atoms with van der Waals surface area (Å²) in [5.41, 5.74) is 2.57. The molecular weight excluding hydrogens is 356 g/mol. The van der Waals surface area contributed by atoms with E-state index in [1.165, 1.54) is 11.3 Å². The zero-order chi connectivity index (χ0) is 20.0. The van der Waals surface area contributed by atoms with Crippen molar-refractivity contribution in [2.24, 2.45) is 0 Å². The SMILES string of the molecule is CC.CC/C=C\C(=C/CC)n1cnc2c(sc3nccc(N(C)C)c32)c1=O. The van der Waals surface area contributed by atoms with Crippen LogP contribution in [0, 0.1) is 0 Å². The number of rotatable bonds is 5. The molecule has 3 rings (SSSR count). The molecule has 0 radical (unpaired) electrons. The van der Waals surface area contributed by atoms with Crippen LogP contribution in [0.15, 0.2) is 41.6 Å². The van der Waals surface area contributed by atoms with Crippen LogP contribution in [0.4, 0.5) is 5.69 Å². The van der Waals surface area contributed by atoms with Crippen LogP contribution in [0.25, 0.3) is 26.1 Å². The van der Waals surface area contributed by atoms with Crippen LogP contribution >= 0.6 is 11.3 Å². The molecule has 0 saturated carbocycles. The van der Waals surface area contributed by atoms with Gasteiger partial charge in [-0.25, -0.2) is 9.97 Å². The summed E-state index contributed by atoms with van der Waals surface area (Å²) in [5, 5.41) is 0.946. The number of anilines is 1. The van der Waals surface area contributed by atoms with Gasteiger partial charge in [0.1, 0.15) is 15.9 Å². The van der Waals surface area contributed by atoms with Crippen molar-refractivity contribution in [3.63, 3.8) is 0 Å². The number of hydrogen-bond donors (Lipinski definition) is 0. The second-order valence-corrected chi connectivity index (χ2v) is 6.95. The average Bonchev–Trinajstić information content (AvgIpc) is 3.07. The molecule has 6 heteroatoms. The van der Waals surface area contributed by atoms with E-state index in [0.29, 0.717) is 4.70 Å². The van der Waals surface area contributed by atoms with Gasteiger partial charge in [0, 0.05) is 26.0 Å². The van der Waals surface area contributed by atoms with Crippen molar-refractivity contribution in [2.75, 3.05) is 19.0 Å². The van der Waals surface area contributed by atoms with Gasteiger partial charge in [0.15, 0.2) is 0 Å². The lowest BCUT2D eigenvalue weighted by molar-refractivity contribution is 0.988. The molecule has 0 aliphatic heterocycles. The Morgan fingerprint density at radius 3 is 2.59 bits per heavy atom. The van der Waals surface area contributed by atoms with Gasteiger partial charge in [0.2, 0.25) is 0 Å². The summed E-state index contributed by atoms with van der Waals surface area (Å²) in [4.78, 5) is 25.0. The zero-order valence-electron chi connectivity index (χ0n) is 17.0. The Morgan fingerprint density at radius 2 is 1.96 bits per heavy atom. The predicted molar refractivity (Wildman–Crippen MR) is 119 cm³/mol. The number of nitrogens with zero attached hydrogens (tertiary/aromatic N) is 4. The van der Waals surface area contributed by atoms with E-state index in [1.807, 2.05) is 51.1 Å². The zero-order valence-corrected chi connectivity index (χ0v) is 17.8. The Labute approximate surface area is 164 Å². The maximum Gasteiger partial charge on any atom is 0.275 e. The monoisotopic (exact) mass is 384 g/mol. The van der Waals surface area contributed by atoms with Gasteiger partial charge in [-0.2, -0.15) is 0 Å². The minimum Gasteiger partial charge on any atom is -0.377 e. The topological polar surface area (TPSA) is 51.0 Å². The first-order chi connectivity index (χ1) is 13.1. The highest BCUT2D eigenvalue weighted by molar-refractivity contribution is 7.25. The Kier molecular flexibility index (Phi) is 7.30. The average molecular weight is 385 g/mol. The van der Waals surface area contributed by atoms with E-state index in [0.717, 1.165) is 40.0 Å². The molecule has 3 heterocycles. The quantitative estimate of drug-likeness (QED) is 0.559. The van der Waals surface area contributed by atoms with Crippen molar-refractivity contribution in [3.05, 3.63) is 47.2 Å². The van der Waals surface area contributed by atoms with Crippen LogP contribution in [0.5, 0.6) is 0 Å². The van der Waals surface area contributed by atoms with Crippen molar-refractivity contribution in [3.8, 4) is 0 Å². The number of aromatic nitrogens is 3. The molecule has 0 aromatic carbocycles. The molecule has 3 aromatic rings. The predicted octanol–water partition coefficient (Wildman–Crippen LogP) is 5.32. The summed E-state index contributed by atoms with van der Waals surface area (Å²) in [6.07, 6.45) is 11.3. The molecule has 0 spiro atoms. The van der Waals surface area contributed by atoms with Crippen LogP contribution in [-0.2, 0) is 0 Å². The smallest absolute Gasteiger partial charge is 0.275 e. The largest absolute Gasteiger partial charge is 0.377 e. The minimum atomic E-state index is -0.0434. The molecule has 0 fully saturated rings. The number of pyridine rings is 1. The van der Waals surface area contributed by atoms with Crippen molar-refractivity contribution < 1.29 is 0 Å². The third-order valence-corrected chi connectivity index (χ3v) is 5.03. The second-order valence-electron chi connectivity index (χ2n) is 5.95. The van der Waals surface area contributed by atoms with Crippen LogP contribution < -0.4 is 10.5 Å². The molecule has 0 aliphatic rings. The third-order valence-electron chi connectivity index (χ3n) is 3.96. The van der Waals surface area contributed by atoms with Crippen molar-refractivity contribution in [1.82, 2.24) is 14.5 Å². The van der Waals surface area contributed by atoms with E-state index in [1.54, 1.807) is 17.1 Å². The molecule has 0 amide bonds. The van der Waals surface area contributed by atoms with Crippen molar-refractivity contribution in [2.45, 2.75) is 40.5 Å². The Balaban J connectivity index is 0.00000126. The highest BCUT2D eigenvalue weighted by Gasteiger charge is 2.16. The van der Waals surface area contributed by atoms with Gasteiger partial charge in [-0.3, -0.25) is 9.36 Å². The first-order valence-corrected chi connectivity index (χ1v) is 10.2. The summed E-state index contributed by atoms with van der Waals surface area (Å²) in [6, 6.07) is 1.95. The van der Waals surface area contributed by atoms with E-state index in [4.69, 9.17) is 0 Å². The second kappa shape index (κ2) is 9.46. The third kappa shape index (κ3) is 4.11. The maximum atomic E-state index is 13.1. The molecule has 0 bridgehead atoms. The van der Waals surface area contributed by atoms with Crippen molar-refractivity contribution in [1.29, 1.82) is 0 Å². The van der Waals surface area contributed by atoms with Crippen molar-refractivity contribution >= 4 is 43.2 Å². The molecule has 27 heavy (non-hydrogen) atoms. The summed E-state index contributed by atoms with van der Waals surface area (Å²) in [5.74, 6) is 0. The van der Waals surface area contributed by atoms with Gasteiger partial charge in [0.25, 0.3) is 5.56 Å². The summed E-state index contributed by atoms with van der Waals surface area (Å²) in [6.45, 7) is 8.13. The molecule has 144 valence electrons. The first kappa shape index (κ1) is 20.8. The minimum absolute atomic E-state index is 0.0434. The van der Waals surface area contributed by atoms with Crippen LogP contribution in [0.3, 0.4) is 0 Å². The molecule has 3 aromatic heterocycles. The van der Waals surface area contributed by atoms with Gasteiger partial charge < -0.3 is 4.90 Å². The van der Waals surface area contributed by atoms with Gasteiger partial charge >= 0.3 is 0 Å². The Bertz CT molecular complexity index is 1030. The molecule has 0 aliphatic carbocycles. The fourth-order valence-electron chi connectivity index (χ4n) is 2.79. The van der Waals surface area contributed by atoms with Gasteiger partial charge in [-0.1, -0.05) is 39.8 Å². The number of hydrogen-bond acceptors (Lipinski definition) is 5. The van der Waals surface area contributed by atoms with E-state index < -0.39 is 0 Å². The molecule has 0 atom stereocenters. The van der Waals surface area contributed by atoms with Crippen LogP contribution in [-0.4, -0.2) is 28.6 Å². The summed E-state index contributed by atoms with van der Waals surface area (Å²) in [7, 11) is 3.97.